The lowest BCUT2D eigenvalue weighted by molar-refractivity contribution is -0.873. The van der Waals surface area contributed by atoms with Crippen LogP contribution in [0.5, 0.6) is 0 Å². The molecule has 216 valence electrons. The first-order valence-corrected chi connectivity index (χ1v) is 16.0. The summed E-state index contributed by atoms with van der Waals surface area (Å²) < 4.78 is 29.0. The van der Waals surface area contributed by atoms with Crippen molar-refractivity contribution in [3.63, 3.8) is 0 Å². The van der Waals surface area contributed by atoms with E-state index >= 15 is 0 Å². The van der Waals surface area contributed by atoms with E-state index < -0.39 is 13.9 Å². The summed E-state index contributed by atoms with van der Waals surface area (Å²) in [5.41, 5.74) is 0. The molecule has 0 heterocycles. The van der Waals surface area contributed by atoms with Gasteiger partial charge in [0.2, 0.25) is 0 Å². The van der Waals surface area contributed by atoms with E-state index in [-0.39, 0.29) is 19.3 Å². The third kappa shape index (κ3) is 24.1. The van der Waals surface area contributed by atoms with E-state index in [0.29, 0.717) is 24.1 Å². The largest absolute Gasteiger partial charge is 0.472 e. The smallest absolute Gasteiger partial charge is 0.394 e. The van der Waals surface area contributed by atoms with E-state index in [1.54, 1.807) is 0 Å². The number of ether oxygens (including phenoxy) is 1. The van der Waals surface area contributed by atoms with Crippen molar-refractivity contribution in [1.82, 2.24) is 0 Å². The number of phosphoric acid groups is 1. The van der Waals surface area contributed by atoms with Gasteiger partial charge < -0.3 is 19.2 Å². The number of unbranched alkanes of at least 4 members (excludes halogenated alkanes) is 12. The molecule has 0 saturated carbocycles. The number of phosphoric ester groups is 1. The van der Waals surface area contributed by atoms with Crippen molar-refractivity contribution >= 4 is 7.82 Å². The predicted molar refractivity (Wildman–Crippen MR) is 150 cm³/mol. The molecule has 0 rings (SSSR count). The average Bonchev–Trinajstić information content (AvgIpc) is 2.81. The first-order chi connectivity index (χ1) is 17.1. The van der Waals surface area contributed by atoms with Crippen molar-refractivity contribution < 1.29 is 32.8 Å². The van der Waals surface area contributed by atoms with Crippen molar-refractivity contribution in [3.8, 4) is 0 Å². The maximum Gasteiger partial charge on any atom is 0.472 e. The molecule has 3 atom stereocenters. The van der Waals surface area contributed by atoms with Crippen molar-refractivity contribution in [2.24, 2.45) is 0 Å². The molecule has 0 aliphatic carbocycles. The molecule has 2 unspecified atom stereocenters. The van der Waals surface area contributed by atoms with Crippen LogP contribution in [-0.4, -0.2) is 74.2 Å². The van der Waals surface area contributed by atoms with Crippen LogP contribution in [0, 0.1) is 0 Å². The van der Waals surface area contributed by atoms with Crippen molar-refractivity contribution in [3.05, 3.63) is 12.2 Å². The fourth-order valence-corrected chi connectivity index (χ4v) is 5.01. The number of hydrogen-bond donors (Lipinski definition) is 2. The number of nitrogens with zero attached hydrogens (tertiary/aromatic N) is 1. The molecular formula is C28H59NO6P+. The Kier molecular flexibility index (Phi) is 22.5. The van der Waals surface area contributed by atoms with Crippen molar-refractivity contribution in [2.75, 3.05) is 47.5 Å². The Morgan fingerprint density at radius 2 is 1.33 bits per heavy atom. The van der Waals surface area contributed by atoms with Gasteiger partial charge in [0, 0.05) is 6.61 Å². The highest BCUT2D eigenvalue weighted by Gasteiger charge is 2.30. The van der Waals surface area contributed by atoms with E-state index in [4.69, 9.17) is 13.8 Å². The van der Waals surface area contributed by atoms with Crippen LogP contribution in [0.1, 0.15) is 110 Å². The van der Waals surface area contributed by atoms with Crippen molar-refractivity contribution in [1.29, 1.82) is 0 Å². The molecule has 0 aromatic rings. The molecule has 0 aromatic heterocycles. The van der Waals surface area contributed by atoms with Gasteiger partial charge in [-0.25, -0.2) is 4.57 Å². The Bertz CT molecular complexity index is 567. The van der Waals surface area contributed by atoms with Crippen LogP contribution in [0.25, 0.3) is 0 Å². The second-order valence-electron chi connectivity index (χ2n) is 11.0. The van der Waals surface area contributed by atoms with E-state index in [1.807, 2.05) is 28.1 Å². The average molecular weight is 537 g/mol. The van der Waals surface area contributed by atoms with Gasteiger partial charge in [0.25, 0.3) is 0 Å². The zero-order valence-corrected chi connectivity index (χ0v) is 25.1. The standard InChI is InChI=1S/C28H58NO6P/c1-6-8-9-10-11-12-13-14-15-16-17-18-19-20-21-22-23-33-28(25-30)26-34-36(31,32)35-27(7-2)24-29(3,4)5/h14-15,27-28,30H,6-13,16-26H2,1-5H3/p+1/b15-14-/t27?,28-/m0/s1. The Morgan fingerprint density at radius 1 is 0.806 bits per heavy atom. The molecule has 0 fully saturated rings. The number of aliphatic hydroxyl groups excluding tert-OH is 1. The van der Waals surface area contributed by atoms with Gasteiger partial charge in [0.1, 0.15) is 18.8 Å². The van der Waals surface area contributed by atoms with E-state index in [2.05, 4.69) is 19.1 Å². The van der Waals surface area contributed by atoms with E-state index in [0.717, 1.165) is 12.8 Å². The first-order valence-electron chi connectivity index (χ1n) is 14.5. The lowest BCUT2D eigenvalue weighted by Crippen LogP contribution is -2.42. The minimum Gasteiger partial charge on any atom is -0.394 e. The number of quaternary nitrogens is 1. The molecule has 0 aliphatic rings. The van der Waals surface area contributed by atoms with Gasteiger partial charge in [-0.15, -0.1) is 0 Å². The summed E-state index contributed by atoms with van der Waals surface area (Å²) >= 11 is 0. The summed E-state index contributed by atoms with van der Waals surface area (Å²) in [6.45, 7) is 4.84. The van der Waals surface area contributed by atoms with Gasteiger partial charge in [0.05, 0.1) is 34.4 Å². The van der Waals surface area contributed by atoms with Gasteiger partial charge in [-0.3, -0.25) is 9.05 Å². The topological polar surface area (TPSA) is 85.2 Å². The number of hydrogen-bond acceptors (Lipinski definition) is 5. The predicted octanol–water partition coefficient (Wildman–Crippen LogP) is 7.02. The molecule has 8 heteroatoms. The second-order valence-corrected chi connectivity index (χ2v) is 12.4. The van der Waals surface area contributed by atoms with Gasteiger partial charge in [-0.2, -0.15) is 0 Å². The molecular weight excluding hydrogens is 477 g/mol. The highest BCUT2D eigenvalue weighted by Crippen LogP contribution is 2.45. The Hall–Kier alpha value is -0.270. The van der Waals surface area contributed by atoms with Gasteiger partial charge >= 0.3 is 7.82 Å². The molecule has 0 spiro atoms. The summed E-state index contributed by atoms with van der Waals surface area (Å²) in [6, 6.07) is 0. The molecule has 0 aromatic carbocycles. The highest BCUT2D eigenvalue weighted by atomic mass is 31.2. The number of aliphatic hydroxyl groups is 1. The highest BCUT2D eigenvalue weighted by molar-refractivity contribution is 7.47. The fourth-order valence-electron chi connectivity index (χ4n) is 4.00. The molecule has 2 N–H and O–H groups in total. The first kappa shape index (κ1) is 35.7. The lowest BCUT2D eigenvalue weighted by atomic mass is 10.1. The summed E-state index contributed by atoms with van der Waals surface area (Å²) in [7, 11) is 1.80. The van der Waals surface area contributed by atoms with E-state index in [1.165, 1.54) is 77.0 Å². The van der Waals surface area contributed by atoms with Crippen LogP contribution in [0.15, 0.2) is 12.2 Å². The van der Waals surface area contributed by atoms with Crippen LogP contribution in [0.3, 0.4) is 0 Å². The number of allylic oxidation sites excluding steroid dienone is 2. The van der Waals surface area contributed by atoms with Gasteiger partial charge in [-0.05, 0) is 38.5 Å². The van der Waals surface area contributed by atoms with Gasteiger partial charge in [0.15, 0.2) is 0 Å². The molecule has 36 heavy (non-hydrogen) atoms. The zero-order valence-electron chi connectivity index (χ0n) is 24.2. The molecule has 0 aliphatic heterocycles. The molecule has 0 saturated heterocycles. The van der Waals surface area contributed by atoms with E-state index in [9.17, 15) is 14.6 Å². The maximum atomic E-state index is 12.3. The summed E-state index contributed by atoms with van der Waals surface area (Å²) in [6.07, 6.45) is 21.8. The lowest BCUT2D eigenvalue weighted by Gasteiger charge is -2.29. The van der Waals surface area contributed by atoms with Crippen molar-refractivity contribution in [2.45, 2.75) is 122 Å². The summed E-state index contributed by atoms with van der Waals surface area (Å²) in [4.78, 5) is 10.0. The monoisotopic (exact) mass is 536 g/mol. The Balaban J connectivity index is 3.75. The minimum absolute atomic E-state index is 0.169. The van der Waals surface area contributed by atoms with Crippen LogP contribution < -0.4 is 0 Å². The minimum atomic E-state index is -4.20. The van der Waals surface area contributed by atoms with Crippen LogP contribution in [0.4, 0.5) is 0 Å². The van der Waals surface area contributed by atoms with Crippen LogP contribution >= 0.6 is 7.82 Å². The third-order valence-corrected chi connectivity index (χ3v) is 7.17. The number of rotatable bonds is 26. The molecule has 0 radical (unpaired) electrons. The normalized spacial score (nSPS) is 15.9. The summed E-state index contributed by atoms with van der Waals surface area (Å²) in [5, 5.41) is 9.51. The molecule has 0 amide bonds. The molecule has 0 bridgehead atoms. The number of likely N-dealkylation sites (N-methyl/N-ethyl adjacent to an activating group) is 1. The van der Waals surface area contributed by atoms with Crippen LogP contribution in [-0.2, 0) is 18.3 Å². The third-order valence-electron chi connectivity index (χ3n) is 6.13. The van der Waals surface area contributed by atoms with Gasteiger partial charge in [-0.1, -0.05) is 83.8 Å². The maximum absolute atomic E-state index is 12.3. The second kappa shape index (κ2) is 22.7. The molecule has 7 nitrogen and oxygen atoms in total. The Morgan fingerprint density at radius 3 is 1.83 bits per heavy atom. The fraction of sp³-hybridized carbons (Fsp3) is 0.929. The van der Waals surface area contributed by atoms with Crippen LogP contribution in [0.2, 0.25) is 0 Å². The zero-order chi connectivity index (χ0) is 27.1. The summed E-state index contributed by atoms with van der Waals surface area (Å²) in [5.74, 6) is 0. The Labute approximate surface area is 222 Å². The SMILES string of the molecule is CCCCCCCC/C=C\CCCCCCCCO[C@@H](CO)COP(=O)(O)OC(CC)C[N+](C)(C)C. The quantitative estimate of drug-likeness (QED) is 0.0535.